The predicted octanol–water partition coefficient (Wildman–Crippen LogP) is 5.24. The number of aryl methyl sites for hydroxylation is 1. The molecule has 2 aliphatic rings. The maximum absolute atomic E-state index is 11.7. The zero-order valence-corrected chi connectivity index (χ0v) is 19.5. The quantitative estimate of drug-likeness (QED) is 0.449. The first-order chi connectivity index (χ1) is 16.4. The summed E-state index contributed by atoms with van der Waals surface area (Å²) >= 11 is 0. The average molecular weight is 453 g/mol. The molecule has 172 valence electrons. The fourth-order valence-corrected chi connectivity index (χ4v) is 5.48. The Labute approximate surface area is 198 Å². The smallest absolute Gasteiger partial charge is 0.308 e. The van der Waals surface area contributed by atoms with Crippen molar-refractivity contribution < 1.29 is 9.90 Å². The van der Waals surface area contributed by atoms with E-state index in [1.165, 1.54) is 6.42 Å². The second-order valence-corrected chi connectivity index (χ2v) is 10.1. The molecule has 1 aliphatic carbocycles. The maximum Gasteiger partial charge on any atom is 0.308 e. The molecule has 6 heteroatoms. The third kappa shape index (κ3) is 3.54. The highest BCUT2D eigenvalue weighted by atomic mass is 16.4. The number of hydrogen-bond donors (Lipinski definition) is 1. The second kappa shape index (κ2) is 7.69. The molecule has 4 aromatic rings. The van der Waals surface area contributed by atoms with Crippen LogP contribution in [0.25, 0.3) is 28.0 Å². The van der Waals surface area contributed by atoms with E-state index in [-0.39, 0.29) is 6.42 Å². The van der Waals surface area contributed by atoms with E-state index in [0.29, 0.717) is 11.3 Å². The van der Waals surface area contributed by atoms with Crippen molar-refractivity contribution in [3.8, 4) is 22.4 Å². The molecule has 0 amide bonds. The lowest BCUT2D eigenvalue weighted by atomic mass is 9.97. The highest BCUT2D eigenvalue weighted by Crippen LogP contribution is 2.57. The Kier molecular flexibility index (Phi) is 4.73. The fraction of sp³-hybridized carbons (Fsp3) is 0.321. The Morgan fingerprint density at radius 3 is 2.62 bits per heavy atom. The van der Waals surface area contributed by atoms with Crippen LogP contribution in [-0.4, -0.2) is 38.8 Å². The predicted molar refractivity (Wildman–Crippen MR) is 133 cm³/mol. The van der Waals surface area contributed by atoms with Gasteiger partial charge >= 0.3 is 5.97 Å². The number of fused-ring (bicyclic) bond motifs is 2. The monoisotopic (exact) mass is 452 g/mol. The van der Waals surface area contributed by atoms with Crippen LogP contribution in [0.2, 0.25) is 0 Å². The summed E-state index contributed by atoms with van der Waals surface area (Å²) in [5, 5.41) is 14.6. The lowest BCUT2D eigenvalue weighted by Crippen LogP contribution is -2.36. The number of carboxylic acids is 1. The van der Waals surface area contributed by atoms with Crippen LogP contribution < -0.4 is 4.90 Å². The van der Waals surface area contributed by atoms with E-state index in [4.69, 9.17) is 10.1 Å². The van der Waals surface area contributed by atoms with Crippen LogP contribution in [0.5, 0.6) is 0 Å². The number of nitrogens with zero attached hydrogens (tertiary/aromatic N) is 4. The third-order valence-corrected chi connectivity index (χ3v) is 7.70. The van der Waals surface area contributed by atoms with Crippen LogP contribution in [0.15, 0.2) is 60.7 Å². The number of piperidine rings is 1. The van der Waals surface area contributed by atoms with E-state index in [9.17, 15) is 9.90 Å². The number of aliphatic carboxylic acids is 1. The maximum atomic E-state index is 11.7. The van der Waals surface area contributed by atoms with Gasteiger partial charge < -0.3 is 10.0 Å². The first-order valence-corrected chi connectivity index (χ1v) is 11.9. The number of rotatable bonds is 5. The van der Waals surface area contributed by atoms with E-state index < -0.39 is 5.97 Å². The van der Waals surface area contributed by atoms with E-state index in [1.54, 1.807) is 0 Å². The van der Waals surface area contributed by atoms with Gasteiger partial charge in [-0.25, -0.2) is 4.98 Å². The molecule has 0 spiro atoms. The Balaban J connectivity index is 1.47. The van der Waals surface area contributed by atoms with Gasteiger partial charge in [-0.2, -0.15) is 9.61 Å². The molecule has 2 aromatic heterocycles. The summed E-state index contributed by atoms with van der Waals surface area (Å²) in [4.78, 5) is 18.8. The molecule has 3 heterocycles. The SMILES string of the molecule is Cc1nc2cc(-c3cccc(-c4ccccc4)c3)nn2c(N2CCC3(C)CC3C2)c1CC(=O)O. The van der Waals surface area contributed by atoms with Crippen LogP contribution in [0, 0.1) is 18.3 Å². The van der Waals surface area contributed by atoms with E-state index in [1.807, 2.05) is 35.7 Å². The molecular weight excluding hydrogens is 424 g/mol. The van der Waals surface area contributed by atoms with E-state index in [2.05, 4.69) is 48.2 Å². The van der Waals surface area contributed by atoms with Gasteiger partial charge in [-0.15, -0.1) is 0 Å². The van der Waals surface area contributed by atoms with Crippen molar-refractivity contribution in [3.63, 3.8) is 0 Å². The summed E-state index contributed by atoms with van der Waals surface area (Å²) in [6, 6.07) is 20.7. The Morgan fingerprint density at radius 1 is 1.09 bits per heavy atom. The largest absolute Gasteiger partial charge is 0.481 e. The molecule has 0 radical (unpaired) electrons. The third-order valence-electron chi connectivity index (χ3n) is 7.70. The molecule has 34 heavy (non-hydrogen) atoms. The molecule has 2 fully saturated rings. The second-order valence-electron chi connectivity index (χ2n) is 10.1. The molecule has 1 saturated carbocycles. The summed E-state index contributed by atoms with van der Waals surface area (Å²) in [5.74, 6) is 0.714. The van der Waals surface area contributed by atoms with Crippen LogP contribution in [0.4, 0.5) is 5.82 Å². The molecule has 6 nitrogen and oxygen atoms in total. The summed E-state index contributed by atoms with van der Waals surface area (Å²) in [5.41, 5.74) is 6.89. The van der Waals surface area contributed by atoms with Gasteiger partial charge in [0.05, 0.1) is 12.1 Å². The van der Waals surface area contributed by atoms with Gasteiger partial charge in [0.2, 0.25) is 0 Å². The average Bonchev–Trinajstić information content (AvgIpc) is 3.34. The minimum Gasteiger partial charge on any atom is -0.481 e. The van der Waals surface area contributed by atoms with Gasteiger partial charge in [-0.05, 0) is 48.3 Å². The van der Waals surface area contributed by atoms with Gasteiger partial charge in [0.15, 0.2) is 5.65 Å². The van der Waals surface area contributed by atoms with Crippen molar-refractivity contribution in [1.82, 2.24) is 14.6 Å². The van der Waals surface area contributed by atoms with Gasteiger partial charge in [0.25, 0.3) is 0 Å². The summed E-state index contributed by atoms with van der Waals surface area (Å²) < 4.78 is 1.88. The van der Waals surface area contributed by atoms with Crippen molar-refractivity contribution in [1.29, 1.82) is 0 Å². The fourth-order valence-electron chi connectivity index (χ4n) is 5.48. The van der Waals surface area contributed by atoms with E-state index >= 15 is 0 Å². The van der Waals surface area contributed by atoms with Crippen molar-refractivity contribution in [3.05, 3.63) is 71.9 Å². The highest BCUT2D eigenvalue weighted by molar-refractivity contribution is 5.76. The minimum absolute atomic E-state index is 0.0543. The Bertz CT molecular complexity index is 1410. The Morgan fingerprint density at radius 2 is 1.85 bits per heavy atom. The van der Waals surface area contributed by atoms with Crippen LogP contribution in [-0.2, 0) is 11.2 Å². The standard InChI is InChI=1S/C28H28N4O2/c1-18-23(14-26(33)34)27(31-12-11-28(2)16-22(28)17-31)32-25(29-18)15-24(30-32)21-10-6-9-20(13-21)19-7-4-3-5-8-19/h3-10,13,15,22H,11-12,14,16-17H2,1-2H3,(H,33,34). The van der Waals surface area contributed by atoms with Crippen LogP contribution in [0.3, 0.4) is 0 Å². The molecule has 1 N–H and O–H groups in total. The van der Waals surface area contributed by atoms with Gasteiger partial charge in [-0.3, -0.25) is 4.79 Å². The minimum atomic E-state index is -0.846. The Hall–Kier alpha value is -3.67. The zero-order valence-electron chi connectivity index (χ0n) is 19.5. The zero-order chi connectivity index (χ0) is 23.4. The number of carbonyl (C=O) groups is 1. The molecule has 2 unspecified atom stereocenters. The highest BCUT2D eigenvalue weighted by Gasteiger charge is 2.53. The van der Waals surface area contributed by atoms with E-state index in [0.717, 1.165) is 64.6 Å². The first kappa shape index (κ1) is 20.9. The molecule has 1 saturated heterocycles. The van der Waals surface area contributed by atoms with Crippen LogP contribution >= 0.6 is 0 Å². The number of carboxylic acid groups (broad SMARTS) is 1. The normalized spacial score (nSPS) is 21.5. The molecule has 2 aromatic carbocycles. The van der Waals surface area contributed by atoms with Crippen molar-refractivity contribution in [2.45, 2.75) is 33.1 Å². The lowest BCUT2D eigenvalue weighted by Gasteiger charge is -2.33. The summed E-state index contributed by atoms with van der Waals surface area (Å²) in [6.07, 6.45) is 2.32. The lowest BCUT2D eigenvalue weighted by molar-refractivity contribution is -0.136. The molecular formula is C28H28N4O2. The number of anilines is 1. The molecule has 6 rings (SSSR count). The van der Waals surface area contributed by atoms with Crippen LogP contribution in [0.1, 0.15) is 31.0 Å². The molecule has 1 aliphatic heterocycles. The van der Waals surface area contributed by atoms with Crippen molar-refractivity contribution in [2.75, 3.05) is 18.0 Å². The number of benzene rings is 2. The first-order valence-electron chi connectivity index (χ1n) is 11.9. The van der Waals surface area contributed by atoms with Crippen molar-refractivity contribution in [2.24, 2.45) is 11.3 Å². The summed E-state index contributed by atoms with van der Waals surface area (Å²) in [6.45, 7) is 6.14. The topological polar surface area (TPSA) is 70.7 Å². The van der Waals surface area contributed by atoms with Crippen molar-refractivity contribution >= 4 is 17.4 Å². The van der Waals surface area contributed by atoms with Gasteiger partial charge in [0, 0.05) is 36.0 Å². The number of hydrogen-bond acceptors (Lipinski definition) is 4. The molecule has 2 atom stereocenters. The number of aromatic nitrogens is 3. The molecule has 0 bridgehead atoms. The van der Waals surface area contributed by atoms with Gasteiger partial charge in [-0.1, -0.05) is 55.5 Å². The summed E-state index contributed by atoms with van der Waals surface area (Å²) in [7, 11) is 0. The van der Waals surface area contributed by atoms with Gasteiger partial charge in [0.1, 0.15) is 5.82 Å².